The Morgan fingerprint density at radius 2 is 1.97 bits per heavy atom. The van der Waals surface area contributed by atoms with Gasteiger partial charge in [-0.25, -0.2) is 4.39 Å². The van der Waals surface area contributed by atoms with E-state index in [-0.39, 0.29) is 23.0 Å². The molecule has 1 unspecified atom stereocenters. The Kier molecular flexibility index (Phi) is 6.01. The van der Waals surface area contributed by atoms with Crippen LogP contribution >= 0.6 is 11.8 Å². The highest BCUT2D eigenvalue weighted by atomic mass is 32.2. The third kappa shape index (κ3) is 4.05. The fourth-order valence-corrected chi connectivity index (χ4v) is 5.40. The lowest BCUT2D eigenvalue weighted by molar-refractivity contribution is -0.135. The summed E-state index contributed by atoms with van der Waals surface area (Å²) in [6, 6.07) is 6.16. The number of aromatic amines is 1. The van der Waals surface area contributed by atoms with E-state index in [1.807, 2.05) is 11.9 Å². The number of likely N-dealkylation sites (tertiary alicyclic amines) is 1. The summed E-state index contributed by atoms with van der Waals surface area (Å²) in [5, 5.41) is 18.4. The summed E-state index contributed by atoms with van der Waals surface area (Å²) in [7, 11) is 1.81. The molecule has 3 heterocycles. The Bertz CT molecular complexity index is 1010. The molecule has 2 aliphatic heterocycles. The van der Waals surface area contributed by atoms with Gasteiger partial charge in [-0.1, -0.05) is 0 Å². The molecule has 1 saturated heterocycles. The van der Waals surface area contributed by atoms with Crippen LogP contribution in [-0.2, 0) is 9.59 Å². The molecule has 164 valence electrons. The van der Waals surface area contributed by atoms with Crippen molar-refractivity contribution >= 4 is 23.6 Å². The molecule has 0 radical (unpaired) electrons. The van der Waals surface area contributed by atoms with E-state index in [0.29, 0.717) is 24.5 Å². The molecule has 10 heteroatoms. The number of nitrogens with one attached hydrogen (secondary N) is 1. The summed E-state index contributed by atoms with van der Waals surface area (Å²) in [5.41, 5.74) is 9.29. The van der Waals surface area contributed by atoms with Gasteiger partial charge in [0.15, 0.2) is 0 Å². The summed E-state index contributed by atoms with van der Waals surface area (Å²) >= 11 is 1.48. The Balaban J connectivity index is 1.69. The second kappa shape index (κ2) is 8.72. The average Bonchev–Trinajstić information content (AvgIpc) is 3.37. The molecule has 31 heavy (non-hydrogen) atoms. The number of H-pyrrole nitrogens is 1. The van der Waals surface area contributed by atoms with Gasteiger partial charge in [0.25, 0.3) is 5.91 Å². The maximum absolute atomic E-state index is 13.5. The monoisotopic (exact) mass is 445 g/mol. The Morgan fingerprint density at radius 1 is 1.29 bits per heavy atom. The van der Waals surface area contributed by atoms with Crippen molar-refractivity contribution in [2.75, 3.05) is 26.7 Å². The minimum atomic E-state index is -0.498. The van der Waals surface area contributed by atoms with Gasteiger partial charge in [0, 0.05) is 48.3 Å². The number of hydrogen-bond donors (Lipinski definition) is 3. The van der Waals surface area contributed by atoms with E-state index in [4.69, 9.17) is 10.8 Å². The van der Waals surface area contributed by atoms with Crippen LogP contribution in [0.4, 0.5) is 4.39 Å². The van der Waals surface area contributed by atoms with Crippen molar-refractivity contribution < 1.29 is 19.1 Å². The molecule has 2 aromatic rings. The lowest BCUT2D eigenvalue weighted by Crippen LogP contribution is -2.39. The van der Waals surface area contributed by atoms with Gasteiger partial charge in [0.05, 0.1) is 5.69 Å². The molecule has 1 aromatic carbocycles. The lowest BCUT2D eigenvalue weighted by Gasteiger charge is -2.32. The molecule has 1 aromatic heterocycles. The standard InChI is InChI=1S/C21H24FN5O3S/c1-26-15(20(23)30)11-31-21(26)17-18(12-2-4-14(22)5-3-12)24-25-19(17)13-6-8-27(9-7-13)16(29)10-28/h2-5,11,13,21,28H,6-10H2,1H3,(H2,23,30)(H,24,25). The van der Waals surface area contributed by atoms with Crippen molar-refractivity contribution in [2.45, 2.75) is 24.1 Å². The van der Waals surface area contributed by atoms with E-state index in [2.05, 4.69) is 10.2 Å². The molecule has 1 fully saturated rings. The number of nitrogens with two attached hydrogens (primary N) is 1. The summed E-state index contributed by atoms with van der Waals surface area (Å²) in [5.74, 6) is -0.962. The number of nitrogens with zero attached hydrogens (tertiary/aromatic N) is 3. The lowest BCUT2D eigenvalue weighted by atomic mass is 9.89. The van der Waals surface area contributed by atoms with E-state index in [9.17, 15) is 14.0 Å². The number of primary amides is 1. The quantitative estimate of drug-likeness (QED) is 0.648. The second-order valence-electron chi connectivity index (χ2n) is 7.69. The summed E-state index contributed by atoms with van der Waals surface area (Å²) in [6.07, 6.45) is 1.45. The van der Waals surface area contributed by atoms with Crippen LogP contribution < -0.4 is 5.73 Å². The number of carbonyl (C=O) groups is 2. The molecule has 1 atom stereocenters. The van der Waals surface area contributed by atoms with Crippen molar-refractivity contribution in [3.8, 4) is 11.3 Å². The highest BCUT2D eigenvalue weighted by molar-refractivity contribution is 8.02. The Hall–Kier alpha value is -2.85. The first-order valence-electron chi connectivity index (χ1n) is 10.0. The minimum Gasteiger partial charge on any atom is -0.387 e. The minimum absolute atomic E-state index is 0.131. The van der Waals surface area contributed by atoms with E-state index < -0.39 is 12.5 Å². The molecule has 0 aliphatic carbocycles. The number of piperidine rings is 1. The maximum atomic E-state index is 13.5. The van der Waals surface area contributed by atoms with Crippen LogP contribution in [0.2, 0.25) is 0 Å². The number of hydrogen-bond acceptors (Lipinski definition) is 6. The number of aliphatic hydroxyl groups excluding tert-OH is 1. The molecule has 2 aliphatic rings. The highest BCUT2D eigenvalue weighted by Gasteiger charge is 2.36. The zero-order chi connectivity index (χ0) is 22.1. The SMILES string of the molecule is CN1C(C(N)=O)=CSC1c1c(-c2ccc(F)cc2)n[nH]c1C1CCN(C(=O)CO)CC1. The predicted molar refractivity (Wildman–Crippen MR) is 115 cm³/mol. The van der Waals surface area contributed by atoms with E-state index in [0.717, 1.165) is 29.7 Å². The number of aliphatic hydroxyl groups is 1. The number of carbonyl (C=O) groups excluding carboxylic acids is 2. The third-order valence-corrected chi connectivity index (χ3v) is 7.05. The molecule has 0 saturated carbocycles. The molecule has 8 nitrogen and oxygen atoms in total. The number of thioether (sulfide) groups is 1. The molecule has 2 amide bonds. The summed E-state index contributed by atoms with van der Waals surface area (Å²) in [6.45, 7) is 0.611. The largest absolute Gasteiger partial charge is 0.387 e. The predicted octanol–water partition coefficient (Wildman–Crippen LogP) is 1.92. The molecular weight excluding hydrogens is 421 g/mol. The van der Waals surface area contributed by atoms with Crippen LogP contribution in [-0.4, -0.2) is 63.7 Å². The van der Waals surface area contributed by atoms with Crippen LogP contribution in [0.25, 0.3) is 11.3 Å². The van der Waals surface area contributed by atoms with Crippen molar-refractivity contribution in [3.05, 3.63) is 52.4 Å². The van der Waals surface area contributed by atoms with Crippen LogP contribution in [0.5, 0.6) is 0 Å². The Labute approximate surface area is 183 Å². The highest BCUT2D eigenvalue weighted by Crippen LogP contribution is 2.47. The van der Waals surface area contributed by atoms with Gasteiger partial charge in [-0.05, 0) is 37.1 Å². The topological polar surface area (TPSA) is 116 Å². The number of halogens is 1. The summed E-state index contributed by atoms with van der Waals surface area (Å²) in [4.78, 5) is 27.1. The molecule has 0 spiro atoms. The fraction of sp³-hybridized carbons (Fsp3) is 0.381. The van der Waals surface area contributed by atoms with Gasteiger partial charge in [0.1, 0.15) is 23.5 Å². The van der Waals surface area contributed by atoms with Crippen LogP contribution in [0.1, 0.15) is 35.4 Å². The second-order valence-corrected chi connectivity index (χ2v) is 8.64. The van der Waals surface area contributed by atoms with Gasteiger partial charge < -0.3 is 20.6 Å². The van der Waals surface area contributed by atoms with Crippen molar-refractivity contribution in [1.29, 1.82) is 0 Å². The van der Waals surface area contributed by atoms with Crippen molar-refractivity contribution in [1.82, 2.24) is 20.0 Å². The first kappa shape index (κ1) is 21.4. The van der Waals surface area contributed by atoms with Crippen molar-refractivity contribution in [2.24, 2.45) is 5.73 Å². The molecule has 4 rings (SSSR count). The van der Waals surface area contributed by atoms with Crippen LogP contribution in [0.3, 0.4) is 0 Å². The number of likely N-dealkylation sites (N-methyl/N-ethyl adjacent to an activating group) is 1. The van der Waals surface area contributed by atoms with Crippen molar-refractivity contribution in [3.63, 3.8) is 0 Å². The van der Waals surface area contributed by atoms with Crippen LogP contribution in [0, 0.1) is 5.82 Å². The van der Waals surface area contributed by atoms with E-state index in [1.165, 1.54) is 23.9 Å². The average molecular weight is 446 g/mol. The zero-order valence-electron chi connectivity index (χ0n) is 17.0. The maximum Gasteiger partial charge on any atom is 0.265 e. The zero-order valence-corrected chi connectivity index (χ0v) is 17.9. The number of benzene rings is 1. The van der Waals surface area contributed by atoms with Gasteiger partial charge in [0.2, 0.25) is 5.91 Å². The summed E-state index contributed by atoms with van der Waals surface area (Å²) < 4.78 is 13.5. The first-order valence-corrected chi connectivity index (χ1v) is 11.0. The molecule has 4 N–H and O–H groups in total. The van der Waals surface area contributed by atoms with E-state index in [1.54, 1.807) is 22.4 Å². The number of rotatable bonds is 5. The number of amides is 2. The molecule has 0 bridgehead atoms. The van der Waals surface area contributed by atoms with Gasteiger partial charge >= 0.3 is 0 Å². The van der Waals surface area contributed by atoms with Gasteiger partial charge in [-0.15, -0.1) is 11.8 Å². The first-order chi connectivity index (χ1) is 14.9. The normalized spacial score (nSPS) is 19.6. The smallest absolute Gasteiger partial charge is 0.265 e. The Morgan fingerprint density at radius 3 is 2.55 bits per heavy atom. The van der Waals surface area contributed by atoms with E-state index >= 15 is 0 Å². The third-order valence-electron chi connectivity index (χ3n) is 5.88. The molecular formula is C21H24FN5O3S. The fourth-order valence-electron chi connectivity index (χ4n) is 4.19. The van der Waals surface area contributed by atoms with Crippen LogP contribution in [0.15, 0.2) is 35.4 Å². The van der Waals surface area contributed by atoms with Gasteiger partial charge in [-0.2, -0.15) is 5.10 Å². The van der Waals surface area contributed by atoms with Gasteiger partial charge in [-0.3, -0.25) is 14.7 Å². The number of aromatic nitrogens is 2.